The zero-order valence-corrected chi connectivity index (χ0v) is 43.7. The van der Waals surface area contributed by atoms with E-state index < -0.39 is 23.9 Å². The highest BCUT2D eigenvalue weighted by molar-refractivity contribution is 5.83. The molecule has 2 rings (SSSR count). The van der Waals surface area contributed by atoms with Crippen molar-refractivity contribution < 1.29 is 104 Å². The van der Waals surface area contributed by atoms with Crippen molar-refractivity contribution in [2.45, 2.75) is 0 Å². The van der Waals surface area contributed by atoms with Crippen molar-refractivity contribution in [2.75, 3.05) is 236 Å². The molecule has 74 heavy (non-hydrogen) atoms. The molecule has 0 N–H and O–H groups in total. The normalized spacial score (nSPS) is 11.0. The number of methoxy groups -OCH3 is 4. The van der Waals surface area contributed by atoms with E-state index in [1.54, 1.807) is 77.0 Å². The molecule has 422 valence electrons. The fourth-order valence-electron chi connectivity index (χ4n) is 5.96. The first-order valence-corrected chi connectivity index (χ1v) is 24.5. The van der Waals surface area contributed by atoms with Crippen LogP contribution in [0.1, 0.15) is 0 Å². The third-order valence-corrected chi connectivity index (χ3v) is 9.47. The molecule has 0 amide bonds. The number of anilines is 2. The smallest absolute Gasteiger partial charge is 0.325 e. The molecule has 0 aliphatic rings. The maximum atomic E-state index is 13.1. The Hall–Kier alpha value is -4.96. The van der Waals surface area contributed by atoms with Gasteiger partial charge in [0, 0.05) is 28.4 Å². The lowest BCUT2D eigenvalue weighted by molar-refractivity contribution is -0.146. The first-order valence-electron chi connectivity index (χ1n) is 24.5. The molecule has 0 saturated heterocycles. The van der Waals surface area contributed by atoms with Gasteiger partial charge in [-0.3, -0.25) is 19.2 Å². The number of para-hydroxylation sites is 4. The molecule has 0 aromatic heterocycles. The van der Waals surface area contributed by atoms with E-state index in [2.05, 4.69) is 0 Å². The van der Waals surface area contributed by atoms with E-state index in [4.69, 9.17) is 85.3 Å². The van der Waals surface area contributed by atoms with Gasteiger partial charge in [0.15, 0.2) is 0 Å². The number of carbonyl (C=O) groups is 4. The second-order valence-electron chi connectivity index (χ2n) is 15.1. The van der Waals surface area contributed by atoms with Crippen molar-refractivity contribution in [2.24, 2.45) is 0 Å². The third-order valence-electron chi connectivity index (χ3n) is 9.47. The quantitative estimate of drug-likeness (QED) is 0.0520. The topological polar surface area (TPSA) is 241 Å². The van der Waals surface area contributed by atoms with Gasteiger partial charge in [-0.2, -0.15) is 0 Å². The van der Waals surface area contributed by atoms with Gasteiger partial charge in [-0.25, -0.2) is 0 Å². The standard InChI is InChI=1S/C50H80N2O22/c1-57-13-17-61-21-25-65-29-33-71-47(53)39-51(40-48(54)72-34-30-66-26-22-62-18-14-58-2)43-9-5-7-11-45(43)69-37-38-70-46-12-8-6-10-44(46)52(41-49(55)73-35-31-67-27-23-63-19-15-59-3)42-50(56)74-36-32-68-28-24-64-20-16-60-4/h5-12H,13-42H2,1-4H3. The van der Waals surface area contributed by atoms with E-state index >= 15 is 0 Å². The van der Waals surface area contributed by atoms with E-state index in [9.17, 15) is 19.2 Å². The highest BCUT2D eigenvalue weighted by atomic mass is 16.6. The summed E-state index contributed by atoms with van der Waals surface area (Å²) in [7, 11) is 6.34. The summed E-state index contributed by atoms with van der Waals surface area (Å²) in [5.74, 6) is -1.83. The molecule has 0 radical (unpaired) electrons. The van der Waals surface area contributed by atoms with Crippen LogP contribution in [0.25, 0.3) is 0 Å². The molecule has 2 aromatic carbocycles. The summed E-state index contributed by atoms with van der Waals surface area (Å²) in [4.78, 5) is 55.6. The average molecular weight is 1060 g/mol. The Bertz CT molecular complexity index is 1520. The summed E-state index contributed by atoms with van der Waals surface area (Å²) in [5.41, 5.74) is 0.807. The summed E-state index contributed by atoms with van der Waals surface area (Å²) >= 11 is 0. The van der Waals surface area contributed by atoms with Crippen molar-refractivity contribution in [1.82, 2.24) is 0 Å². The number of rotatable bonds is 51. The van der Waals surface area contributed by atoms with Crippen LogP contribution in [-0.4, -0.2) is 250 Å². The van der Waals surface area contributed by atoms with E-state index in [1.165, 1.54) is 9.80 Å². The van der Waals surface area contributed by atoms with Gasteiger partial charge >= 0.3 is 23.9 Å². The zero-order valence-electron chi connectivity index (χ0n) is 43.7. The minimum absolute atomic E-state index is 0.00789. The van der Waals surface area contributed by atoms with Gasteiger partial charge in [0.05, 0.1) is 144 Å². The summed E-state index contributed by atoms with van der Waals surface area (Å²) in [6.07, 6.45) is 0. The summed E-state index contributed by atoms with van der Waals surface area (Å²) in [5, 5.41) is 0. The van der Waals surface area contributed by atoms with Crippen LogP contribution in [0.4, 0.5) is 11.4 Å². The summed E-state index contributed by atoms with van der Waals surface area (Å²) < 4.78 is 97.4. The van der Waals surface area contributed by atoms with Gasteiger partial charge in [0.1, 0.15) is 77.3 Å². The fraction of sp³-hybridized carbons (Fsp3) is 0.680. The van der Waals surface area contributed by atoms with E-state index in [0.717, 1.165) is 0 Å². The van der Waals surface area contributed by atoms with Crippen LogP contribution in [0, 0.1) is 0 Å². The zero-order chi connectivity index (χ0) is 53.4. The Labute approximate surface area is 435 Å². The van der Waals surface area contributed by atoms with Crippen molar-refractivity contribution in [3.63, 3.8) is 0 Å². The summed E-state index contributed by atoms with van der Waals surface area (Å²) in [6, 6.07) is 13.7. The van der Waals surface area contributed by atoms with Crippen molar-refractivity contribution in [3.8, 4) is 11.5 Å². The first-order chi connectivity index (χ1) is 36.3. The lowest BCUT2D eigenvalue weighted by Crippen LogP contribution is -2.37. The molecule has 0 unspecified atom stereocenters. The third kappa shape index (κ3) is 34.5. The number of carbonyl (C=O) groups excluding carboxylic acids is 4. The molecule has 0 aliphatic heterocycles. The molecule has 0 aliphatic carbocycles. The molecular weight excluding hydrogens is 981 g/mol. The van der Waals surface area contributed by atoms with Crippen LogP contribution in [0.5, 0.6) is 11.5 Å². The van der Waals surface area contributed by atoms with Crippen molar-refractivity contribution >= 4 is 35.3 Å². The van der Waals surface area contributed by atoms with Crippen LogP contribution in [-0.2, 0) is 95.0 Å². The molecule has 24 nitrogen and oxygen atoms in total. The Kier molecular flexibility index (Phi) is 41.0. The van der Waals surface area contributed by atoms with Gasteiger partial charge in [-0.15, -0.1) is 0 Å². The SMILES string of the molecule is COCCOCCOCCOC(=O)CN(CC(=O)OCCOCCOCCOC)c1ccccc1OCCOc1ccccc1N(CC(=O)OCCOCCOCCOC)CC(=O)OCCOCCOCCOC. The van der Waals surface area contributed by atoms with Gasteiger partial charge in [0.2, 0.25) is 0 Å². The largest absolute Gasteiger partial charge is 0.488 e. The Balaban J connectivity index is 2.11. The van der Waals surface area contributed by atoms with Crippen molar-refractivity contribution in [3.05, 3.63) is 48.5 Å². The molecule has 24 heteroatoms. The predicted octanol–water partition coefficient (Wildman–Crippen LogP) is 1.65. The molecule has 0 atom stereocenters. The minimum atomic E-state index is -0.623. The highest BCUT2D eigenvalue weighted by Gasteiger charge is 2.23. The maximum Gasteiger partial charge on any atom is 0.325 e. The fourth-order valence-corrected chi connectivity index (χ4v) is 5.96. The van der Waals surface area contributed by atoms with Crippen LogP contribution in [0.2, 0.25) is 0 Å². The Morgan fingerprint density at radius 2 is 0.514 bits per heavy atom. The van der Waals surface area contributed by atoms with Gasteiger partial charge in [-0.1, -0.05) is 24.3 Å². The number of benzene rings is 2. The lowest BCUT2D eigenvalue weighted by atomic mass is 10.2. The molecule has 0 saturated carbocycles. The molecule has 0 heterocycles. The molecule has 0 fully saturated rings. The number of ether oxygens (including phenoxy) is 18. The van der Waals surface area contributed by atoms with Gasteiger partial charge in [0.25, 0.3) is 0 Å². The highest BCUT2D eigenvalue weighted by Crippen LogP contribution is 2.30. The van der Waals surface area contributed by atoms with E-state index in [0.29, 0.717) is 129 Å². The minimum Gasteiger partial charge on any atom is -0.488 e. The van der Waals surface area contributed by atoms with Crippen molar-refractivity contribution in [1.29, 1.82) is 0 Å². The lowest BCUT2D eigenvalue weighted by Gasteiger charge is -2.26. The predicted molar refractivity (Wildman–Crippen MR) is 266 cm³/mol. The van der Waals surface area contributed by atoms with Gasteiger partial charge < -0.3 is 95.1 Å². The van der Waals surface area contributed by atoms with Gasteiger partial charge in [-0.05, 0) is 24.3 Å². The second-order valence-corrected chi connectivity index (χ2v) is 15.1. The molecule has 0 bridgehead atoms. The number of esters is 4. The van der Waals surface area contributed by atoms with Crippen LogP contribution in [0.3, 0.4) is 0 Å². The average Bonchev–Trinajstić information content (AvgIpc) is 3.40. The van der Waals surface area contributed by atoms with Crippen LogP contribution in [0.15, 0.2) is 48.5 Å². The van der Waals surface area contributed by atoms with Crippen LogP contribution < -0.4 is 19.3 Å². The Morgan fingerprint density at radius 3 is 0.757 bits per heavy atom. The first kappa shape index (κ1) is 65.2. The van der Waals surface area contributed by atoms with E-state index in [1.807, 2.05) is 0 Å². The number of hydrogen-bond acceptors (Lipinski definition) is 24. The van der Waals surface area contributed by atoms with E-state index in [-0.39, 0.29) is 92.2 Å². The maximum absolute atomic E-state index is 13.1. The second kappa shape index (κ2) is 46.6. The molecule has 0 spiro atoms. The number of hydrogen-bond donors (Lipinski definition) is 0. The van der Waals surface area contributed by atoms with Crippen LogP contribution >= 0.6 is 0 Å². The summed E-state index contributed by atoms with van der Waals surface area (Å²) in [6.45, 7) is 5.38. The monoisotopic (exact) mass is 1060 g/mol. The molecular formula is C50H80N2O22. The molecule has 2 aromatic rings. The Morgan fingerprint density at radius 1 is 0.297 bits per heavy atom. The number of nitrogens with zero attached hydrogens (tertiary/aromatic N) is 2.